The van der Waals surface area contributed by atoms with Crippen molar-refractivity contribution in [1.29, 1.82) is 0 Å². The fourth-order valence-electron chi connectivity index (χ4n) is 1.62. The van der Waals surface area contributed by atoms with Gasteiger partial charge in [0.05, 0.1) is 0 Å². The molecule has 1 N–H and O–H groups in total. The van der Waals surface area contributed by atoms with Crippen molar-refractivity contribution in [3.63, 3.8) is 0 Å². The number of thiophene rings is 1. The van der Waals surface area contributed by atoms with Crippen molar-refractivity contribution >= 4 is 17.3 Å². The predicted octanol–water partition coefficient (Wildman–Crippen LogP) is 2.47. The van der Waals surface area contributed by atoms with Crippen LogP contribution in [0.3, 0.4) is 0 Å². The van der Waals surface area contributed by atoms with Crippen molar-refractivity contribution in [1.82, 2.24) is 15.1 Å². The summed E-state index contributed by atoms with van der Waals surface area (Å²) in [5.41, 5.74) is 0.592. The molecule has 0 aromatic carbocycles. The van der Waals surface area contributed by atoms with Gasteiger partial charge >= 0.3 is 5.97 Å². The zero-order chi connectivity index (χ0) is 14.7. The molecule has 7 nitrogen and oxygen atoms in total. The first-order valence-corrected chi connectivity index (χ1v) is 6.79. The van der Waals surface area contributed by atoms with Crippen LogP contribution in [0.15, 0.2) is 40.4 Å². The summed E-state index contributed by atoms with van der Waals surface area (Å²) >= 11 is 1.09. The first-order valence-electron chi connectivity index (χ1n) is 5.91. The number of carboxylic acids is 1. The lowest BCUT2D eigenvalue weighted by Crippen LogP contribution is -2.00. The number of carboxylic acid groups (broad SMARTS) is 1. The smallest absolute Gasteiger partial charge is 0.349 e. The molecule has 8 heteroatoms. The van der Waals surface area contributed by atoms with E-state index in [0.717, 1.165) is 11.3 Å². The molecule has 0 bridgehead atoms. The molecule has 0 aliphatic heterocycles. The normalized spacial score (nSPS) is 10.5. The largest absolute Gasteiger partial charge is 0.482 e. The molecule has 0 fully saturated rings. The molecule has 106 valence electrons. The second-order valence-electron chi connectivity index (χ2n) is 3.93. The third-order valence-electron chi connectivity index (χ3n) is 2.54. The maximum absolute atomic E-state index is 11.0. The van der Waals surface area contributed by atoms with E-state index in [1.54, 1.807) is 29.8 Å². The minimum atomic E-state index is -1.03. The average Bonchev–Trinajstić information content (AvgIpc) is 3.15. The fourth-order valence-corrected chi connectivity index (χ4v) is 2.29. The van der Waals surface area contributed by atoms with Gasteiger partial charge in [-0.15, -0.1) is 11.3 Å². The van der Waals surface area contributed by atoms with E-state index in [-0.39, 0.29) is 23.1 Å². The highest BCUT2D eigenvalue weighted by molar-refractivity contribution is 7.12. The van der Waals surface area contributed by atoms with Gasteiger partial charge in [0, 0.05) is 6.20 Å². The molecule has 0 saturated heterocycles. The average molecular weight is 303 g/mol. The van der Waals surface area contributed by atoms with E-state index < -0.39 is 5.97 Å². The molecule has 3 aromatic heterocycles. The van der Waals surface area contributed by atoms with Gasteiger partial charge in [-0.1, -0.05) is 11.2 Å². The molecule has 21 heavy (non-hydrogen) atoms. The summed E-state index contributed by atoms with van der Waals surface area (Å²) in [5.74, 6) is -0.138. The van der Waals surface area contributed by atoms with Crippen LogP contribution in [-0.2, 0) is 6.61 Å². The van der Waals surface area contributed by atoms with Gasteiger partial charge in [-0.25, -0.2) is 4.79 Å². The third kappa shape index (κ3) is 2.90. The van der Waals surface area contributed by atoms with E-state index in [1.165, 1.54) is 0 Å². The molecule has 3 heterocycles. The van der Waals surface area contributed by atoms with Crippen molar-refractivity contribution in [3.05, 3.63) is 46.6 Å². The Bertz CT molecular complexity index is 754. The Labute approximate surface area is 122 Å². The first-order chi connectivity index (χ1) is 10.2. The van der Waals surface area contributed by atoms with Crippen molar-refractivity contribution in [3.8, 4) is 17.3 Å². The van der Waals surface area contributed by atoms with Gasteiger partial charge < -0.3 is 14.4 Å². The zero-order valence-corrected chi connectivity index (χ0v) is 11.4. The van der Waals surface area contributed by atoms with E-state index in [4.69, 9.17) is 14.4 Å². The van der Waals surface area contributed by atoms with Crippen LogP contribution in [0.2, 0.25) is 0 Å². The SMILES string of the molecule is O=C(O)c1sccc1OCc1nc(-c2ccccn2)no1. The van der Waals surface area contributed by atoms with Crippen LogP contribution in [0.25, 0.3) is 11.5 Å². The van der Waals surface area contributed by atoms with Crippen molar-refractivity contribution in [2.45, 2.75) is 6.61 Å². The molecule has 0 radical (unpaired) electrons. The lowest BCUT2D eigenvalue weighted by atomic mass is 10.3. The zero-order valence-electron chi connectivity index (χ0n) is 10.6. The highest BCUT2D eigenvalue weighted by atomic mass is 32.1. The van der Waals surface area contributed by atoms with E-state index in [9.17, 15) is 4.79 Å². The molecular formula is C13H9N3O4S. The Morgan fingerprint density at radius 2 is 2.29 bits per heavy atom. The number of hydrogen-bond donors (Lipinski definition) is 1. The van der Waals surface area contributed by atoms with Crippen molar-refractivity contribution < 1.29 is 19.2 Å². The lowest BCUT2D eigenvalue weighted by molar-refractivity contribution is 0.0697. The minimum absolute atomic E-state index is 0.00313. The van der Waals surface area contributed by atoms with Gasteiger partial charge in [0.15, 0.2) is 11.5 Å². The Morgan fingerprint density at radius 3 is 3.05 bits per heavy atom. The molecule has 0 aliphatic rings. The van der Waals surface area contributed by atoms with Gasteiger partial charge in [-0.2, -0.15) is 4.98 Å². The first kappa shape index (κ1) is 13.3. The monoisotopic (exact) mass is 303 g/mol. The number of rotatable bonds is 5. The van der Waals surface area contributed by atoms with Crippen LogP contribution in [0, 0.1) is 0 Å². The Balaban J connectivity index is 1.71. The summed E-state index contributed by atoms with van der Waals surface area (Å²) in [6.07, 6.45) is 1.63. The highest BCUT2D eigenvalue weighted by Crippen LogP contribution is 2.25. The molecule has 0 saturated carbocycles. The number of ether oxygens (including phenoxy) is 1. The van der Waals surface area contributed by atoms with Gasteiger partial charge in [-0.3, -0.25) is 4.98 Å². The fraction of sp³-hybridized carbons (Fsp3) is 0.0769. The van der Waals surface area contributed by atoms with Crippen LogP contribution in [0.5, 0.6) is 5.75 Å². The molecular weight excluding hydrogens is 294 g/mol. The maximum Gasteiger partial charge on any atom is 0.349 e. The van der Waals surface area contributed by atoms with Gasteiger partial charge in [0.25, 0.3) is 5.89 Å². The summed E-state index contributed by atoms with van der Waals surface area (Å²) in [6, 6.07) is 6.96. The second-order valence-corrected chi connectivity index (χ2v) is 4.85. The number of pyridine rings is 1. The standard InChI is InChI=1S/C13H9N3O4S/c17-13(18)11-9(4-6-21-11)19-7-10-15-12(16-20-10)8-3-1-2-5-14-8/h1-6H,7H2,(H,17,18). The van der Waals surface area contributed by atoms with E-state index >= 15 is 0 Å². The second kappa shape index (κ2) is 5.71. The molecule has 0 aliphatic carbocycles. The summed E-state index contributed by atoms with van der Waals surface area (Å²) in [7, 11) is 0. The number of nitrogens with zero attached hydrogens (tertiary/aromatic N) is 3. The lowest BCUT2D eigenvalue weighted by Gasteiger charge is -2.01. The predicted molar refractivity (Wildman–Crippen MR) is 73.1 cm³/mol. The van der Waals surface area contributed by atoms with Crippen molar-refractivity contribution in [2.24, 2.45) is 0 Å². The molecule has 0 amide bonds. The summed E-state index contributed by atoms with van der Waals surface area (Å²) in [6.45, 7) is -0.00313. The Hall–Kier alpha value is -2.74. The van der Waals surface area contributed by atoms with Crippen LogP contribution in [-0.4, -0.2) is 26.2 Å². The number of hydrogen-bond acceptors (Lipinski definition) is 7. The topological polar surface area (TPSA) is 98.3 Å². The van der Waals surface area contributed by atoms with Crippen LogP contribution >= 0.6 is 11.3 Å². The van der Waals surface area contributed by atoms with Crippen LogP contribution < -0.4 is 4.74 Å². The van der Waals surface area contributed by atoms with Gasteiger partial charge in [0.2, 0.25) is 5.82 Å². The summed E-state index contributed by atoms with van der Waals surface area (Å²) in [4.78, 5) is 19.3. The Kier molecular flexibility index (Phi) is 3.61. The minimum Gasteiger partial charge on any atom is -0.482 e. The van der Waals surface area contributed by atoms with Crippen molar-refractivity contribution in [2.75, 3.05) is 0 Å². The summed E-state index contributed by atoms with van der Waals surface area (Å²) < 4.78 is 10.4. The molecule has 0 atom stereocenters. The molecule has 3 rings (SSSR count). The number of aromatic nitrogens is 3. The molecule has 3 aromatic rings. The van der Waals surface area contributed by atoms with Crippen LogP contribution in [0.4, 0.5) is 0 Å². The maximum atomic E-state index is 11.0. The van der Waals surface area contributed by atoms with Crippen LogP contribution in [0.1, 0.15) is 15.6 Å². The summed E-state index contributed by atoms with van der Waals surface area (Å²) in [5, 5.41) is 14.4. The Morgan fingerprint density at radius 1 is 1.38 bits per heavy atom. The number of carbonyl (C=O) groups is 1. The number of aromatic carboxylic acids is 1. The third-order valence-corrected chi connectivity index (χ3v) is 3.42. The highest BCUT2D eigenvalue weighted by Gasteiger charge is 2.15. The van der Waals surface area contributed by atoms with E-state index in [1.807, 2.05) is 6.07 Å². The molecule has 0 spiro atoms. The quantitative estimate of drug-likeness (QED) is 0.773. The van der Waals surface area contributed by atoms with E-state index in [0.29, 0.717) is 11.5 Å². The van der Waals surface area contributed by atoms with Gasteiger partial charge in [0.1, 0.15) is 11.4 Å². The molecule has 0 unspecified atom stereocenters. The van der Waals surface area contributed by atoms with E-state index in [2.05, 4.69) is 15.1 Å². The van der Waals surface area contributed by atoms with Gasteiger partial charge in [-0.05, 0) is 23.6 Å².